The predicted molar refractivity (Wildman–Crippen MR) is 58.3 cm³/mol. The molecule has 2 heterocycles. The third kappa shape index (κ3) is 2.60. The molecule has 6 nitrogen and oxygen atoms in total. The number of aryl methyl sites for hydroxylation is 1. The van der Waals surface area contributed by atoms with Gasteiger partial charge in [0, 0.05) is 12.2 Å². The Hall–Kier alpha value is -1.82. The monoisotopic (exact) mass is 218 g/mol. The lowest BCUT2D eigenvalue weighted by Gasteiger charge is -2.10. The summed E-state index contributed by atoms with van der Waals surface area (Å²) in [7, 11) is 1.75. The quantitative estimate of drug-likeness (QED) is 0.807. The molecule has 0 unspecified atom stereocenters. The van der Waals surface area contributed by atoms with Gasteiger partial charge < -0.3 is 5.32 Å². The van der Waals surface area contributed by atoms with Gasteiger partial charge in [0.15, 0.2) is 5.82 Å². The van der Waals surface area contributed by atoms with Crippen LogP contribution in [-0.4, -0.2) is 25.2 Å². The van der Waals surface area contributed by atoms with Gasteiger partial charge >= 0.3 is 0 Å². The summed E-state index contributed by atoms with van der Waals surface area (Å²) in [6.07, 6.45) is 1.79. The standard InChI is InChI=1S/C10H14N6/c1-8(9-5-3-4-6-11-9)12-7-10-13-15-16(2)14-10/h3-6,8,12H,7H2,1-2H3/t8-/m1/s1. The van der Waals surface area contributed by atoms with Crippen LogP contribution in [0.4, 0.5) is 0 Å². The van der Waals surface area contributed by atoms with E-state index in [9.17, 15) is 0 Å². The van der Waals surface area contributed by atoms with Crippen molar-refractivity contribution in [2.75, 3.05) is 0 Å². The molecular weight excluding hydrogens is 204 g/mol. The molecule has 84 valence electrons. The van der Waals surface area contributed by atoms with E-state index in [4.69, 9.17) is 0 Å². The van der Waals surface area contributed by atoms with E-state index in [-0.39, 0.29) is 6.04 Å². The lowest BCUT2D eigenvalue weighted by Crippen LogP contribution is -2.19. The van der Waals surface area contributed by atoms with Gasteiger partial charge in [-0.2, -0.15) is 4.80 Å². The van der Waals surface area contributed by atoms with Gasteiger partial charge in [-0.05, 0) is 24.3 Å². The number of aromatic nitrogens is 5. The van der Waals surface area contributed by atoms with Crippen LogP contribution >= 0.6 is 0 Å². The van der Waals surface area contributed by atoms with Crippen LogP contribution in [-0.2, 0) is 13.6 Å². The first-order valence-electron chi connectivity index (χ1n) is 5.13. The summed E-state index contributed by atoms with van der Waals surface area (Å²) in [5.74, 6) is 0.685. The second kappa shape index (κ2) is 4.80. The lowest BCUT2D eigenvalue weighted by atomic mass is 10.2. The van der Waals surface area contributed by atoms with Crippen molar-refractivity contribution in [3.05, 3.63) is 35.9 Å². The average molecular weight is 218 g/mol. The Kier molecular flexibility index (Phi) is 3.21. The van der Waals surface area contributed by atoms with E-state index in [1.807, 2.05) is 18.2 Å². The summed E-state index contributed by atoms with van der Waals surface area (Å²) in [5.41, 5.74) is 1.01. The highest BCUT2D eigenvalue weighted by molar-refractivity contribution is 5.07. The normalized spacial score (nSPS) is 12.6. The molecule has 16 heavy (non-hydrogen) atoms. The number of rotatable bonds is 4. The summed E-state index contributed by atoms with van der Waals surface area (Å²) in [6.45, 7) is 2.64. The second-order valence-corrected chi connectivity index (χ2v) is 3.55. The van der Waals surface area contributed by atoms with Crippen LogP contribution in [0, 0.1) is 0 Å². The van der Waals surface area contributed by atoms with E-state index >= 15 is 0 Å². The van der Waals surface area contributed by atoms with Gasteiger partial charge in [0.05, 0.1) is 19.3 Å². The van der Waals surface area contributed by atoms with Gasteiger partial charge in [-0.3, -0.25) is 4.98 Å². The maximum absolute atomic E-state index is 4.27. The zero-order valence-corrected chi connectivity index (χ0v) is 9.33. The maximum atomic E-state index is 4.27. The van der Waals surface area contributed by atoms with Gasteiger partial charge in [0.1, 0.15) is 0 Å². The van der Waals surface area contributed by atoms with Crippen molar-refractivity contribution in [1.82, 2.24) is 30.5 Å². The van der Waals surface area contributed by atoms with E-state index in [1.165, 1.54) is 4.80 Å². The highest BCUT2D eigenvalue weighted by Gasteiger charge is 2.07. The molecule has 0 radical (unpaired) electrons. The summed E-state index contributed by atoms with van der Waals surface area (Å²) >= 11 is 0. The van der Waals surface area contributed by atoms with Crippen molar-refractivity contribution in [3.8, 4) is 0 Å². The molecule has 6 heteroatoms. The lowest BCUT2D eigenvalue weighted by molar-refractivity contribution is 0.544. The maximum Gasteiger partial charge on any atom is 0.188 e. The third-order valence-corrected chi connectivity index (χ3v) is 2.25. The minimum absolute atomic E-state index is 0.171. The zero-order valence-electron chi connectivity index (χ0n) is 9.33. The number of tetrazole rings is 1. The Morgan fingerprint density at radius 1 is 1.44 bits per heavy atom. The Morgan fingerprint density at radius 2 is 2.31 bits per heavy atom. The van der Waals surface area contributed by atoms with Crippen molar-refractivity contribution in [1.29, 1.82) is 0 Å². The van der Waals surface area contributed by atoms with Gasteiger partial charge in [0.2, 0.25) is 0 Å². The first-order chi connectivity index (χ1) is 7.75. The molecule has 2 aromatic heterocycles. The van der Waals surface area contributed by atoms with Crippen LogP contribution in [0.1, 0.15) is 24.5 Å². The van der Waals surface area contributed by atoms with E-state index in [1.54, 1.807) is 13.2 Å². The highest BCUT2D eigenvalue weighted by atomic mass is 15.6. The third-order valence-electron chi connectivity index (χ3n) is 2.25. The molecule has 0 aliphatic rings. The Labute approximate surface area is 93.7 Å². The predicted octanol–water partition coefficient (Wildman–Crippen LogP) is 0.456. The van der Waals surface area contributed by atoms with Crippen LogP contribution in [0.15, 0.2) is 24.4 Å². The summed E-state index contributed by atoms with van der Waals surface area (Å²) in [5, 5.41) is 15.0. The molecule has 0 fully saturated rings. The molecule has 0 saturated heterocycles. The van der Waals surface area contributed by atoms with Crippen LogP contribution in [0.3, 0.4) is 0 Å². The van der Waals surface area contributed by atoms with Crippen molar-refractivity contribution in [2.24, 2.45) is 7.05 Å². The van der Waals surface area contributed by atoms with E-state index in [0.29, 0.717) is 12.4 Å². The van der Waals surface area contributed by atoms with Crippen molar-refractivity contribution in [2.45, 2.75) is 19.5 Å². The molecular formula is C10H14N6. The molecule has 1 atom stereocenters. The van der Waals surface area contributed by atoms with Crippen LogP contribution in [0.2, 0.25) is 0 Å². The minimum atomic E-state index is 0.171. The first-order valence-corrected chi connectivity index (χ1v) is 5.13. The molecule has 0 aliphatic heterocycles. The molecule has 0 saturated carbocycles. The van der Waals surface area contributed by atoms with Crippen molar-refractivity contribution in [3.63, 3.8) is 0 Å². The Balaban J connectivity index is 1.91. The highest BCUT2D eigenvalue weighted by Crippen LogP contribution is 2.07. The van der Waals surface area contributed by atoms with Crippen molar-refractivity contribution < 1.29 is 0 Å². The minimum Gasteiger partial charge on any atom is -0.302 e. The fourth-order valence-corrected chi connectivity index (χ4v) is 1.38. The van der Waals surface area contributed by atoms with Gasteiger partial charge in [-0.1, -0.05) is 6.07 Å². The second-order valence-electron chi connectivity index (χ2n) is 3.55. The van der Waals surface area contributed by atoms with Gasteiger partial charge in [-0.25, -0.2) is 0 Å². The van der Waals surface area contributed by atoms with Crippen LogP contribution in [0.25, 0.3) is 0 Å². The van der Waals surface area contributed by atoms with E-state index < -0.39 is 0 Å². The first kappa shape index (κ1) is 10.7. The van der Waals surface area contributed by atoms with Crippen LogP contribution in [0.5, 0.6) is 0 Å². The topological polar surface area (TPSA) is 68.5 Å². The molecule has 0 bridgehead atoms. The molecule has 0 spiro atoms. The zero-order chi connectivity index (χ0) is 11.4. The number of pyridine rings is 1. The number of hydrogen-bond donors (Lipinski definition) is 1. The van der Waals surface area contributed by atoms with E-state index in [2.05, 4.69) is 32.6 Å². The fourth-order valence-electron chi connectivity index (χ4n) is 1.38. The number of nitrogens with zero attached hydrogens (tertiary/aromatic N) is 5. The van der Waals surface area contributed by atoms with Gasteiger partial charge in [-0.15, -0.1) is 10.2 Å². The molecule has 0 aliphatic carbocycles. The summed E-state index contributed by atoms with van der Waals surface area (Å²) < 4.78 is 0. The average Bonchev–Trinajstić information content (AvgIpc) is 2.73. The largest absolute Gasteiger partial charge is 0.302 e. The van der Waals surface area contributed by atoms with Crippen LogP contribution < -0.4 is 5.32 Å². The molecule has 0 aromatic carbocycles. The fraction of sp³-hybridized carbons (Fsp3) is 0.400. The molecule has 2 rings (SSSR count). The smallest absolute Gasteiger partial charge is 0.188 e. The Bertz CT molecular complexity index is 438. The molecule has 2 aromatic rings. The Morgan fingerprint density at radius 3 is 2.94 bits per heavy atom. The summed E-state index contributed by atoms with van der Waals surface area (Å²) in [6, 6.07) is 6.04. The number of nitrogens with one attached hydrogen (secondary N) is 1. The SMILES string of the molecule is C[C@@H](NCc1nnn(C)n1)c1ccccn1. The van der Waals surface area contributed by atoms with E-state index in [0.717, 1.165) is 5.69 Å². The van der Waals surface area contributed by atoms with Crippen molar-refractivity contribution >= 4 is 0 Å². The van der Waals surface area contributed by atoms with Gasteiger partial charge in [0.25, 0.3) is 0 Å². The molecule has 0 amide bonds. The number of hydrogen-bond acceptors (Lipinski definition) is 5. The summed E-state index contributed by atoms with van der Waals surface area (Å²) in [4.78, 5) is 5.72. The molecule has 1 N–H and O–H groups in total.